The third kappa shape index (κ3) is 8.93. The number of carboxylic acid groups (broad SMARTS) is 1. The van der Waals surface area contributed by atoms with Crippen LogP contribution in [0, 0.1) is 0 Å². The van der Waals surface area contributed by atoms with Gasteiger partial charge < -0.3 is 38.3 Å². The molecule has 0 bridgehead atoms. The summed E-state index contributed by atoms with van der Waals surface area (Å²) in [6.07, 6.45) is 1.08. The molecule has 0 radical (unpaired) electrons. The summed E-state index contributed by atoms with van der Waals surface area (Å²) in [6, 6.07) is 17.6. The molecule has 0 aromatic heterocycles. The number of hydrogen-bond donors (Lipinski definition) is 1. The fraction of sp³-hybridized carbons (Fsp3) is 0.628. The predicted molar refractivity (Wildman–Crippen MR) is 199 cm³/mol. The molecule has 6 rings (SSSR count). The number of carbonyl (C=O) groups is 4. The summed E-state index contributed by atoms with van der Waals surface area (Å²) in [5.41, 5.74) is -3.77. The largest absolute Gasteiger partial charge is 0.481 e. The van der Waals surface area contributed by atoms with Gasteiger partial charge >= 0.3 is 23.9 Å². The lowest BCUT2D eigenvalue weighted by molar-refractivity contribution is -0.211. The van der Waals surface area contributed by atoms with Crippen LogP contribution in [-0.4, -0.2) is 93.6 Å². The van der Waals surface area contributed by atoms with Gasteiger partial charge in [-0.15, -0.1) is 0 Å². The molecule has 0 aliphatic carbocycles. The van der Waals surface area contributed by atoms with Crippen LogP contribution in [0.2, 0.25) is 0 Å². The molecule has 4 aliphatic heterocycles. The van der Waals surface area contributed by atoms with Crippen LogP contribution in [0.3, 0.4) is 0 Å². The van der Waals surface area contributed by atoms with Crippen molar-refractivity contribution in [1.82, 2.24) is 0 Å². The van der Waals surface area contributed by atoms with E-state index < -0.39 is 76.6 Å². The highest BCUT2D eigenvalue weighted by Crippen LogP contribution is 2.49. The highest BCUT2D eigenvalue weighted by atomic mass is 16.6. The van der Waals surface area contributed by atoms with Crippen LogP contribution < -0.4 is 0 Å². The molecule has 12 nitrogen and oxygen atoms in total. The highest BCUT2D eigenvalue weighted by Gasteiger charge is 2.57. The molecule has 2 aromatic carbocycles. The number of ether oxygens (including phenoxy) is 7. The molecular formula is C43H56O12. The Kier molecular flexibility index (Phi) is 11.6. The lowest BCUT2D eigenvalue weighted by Gasteiger charge is -2.39. The second kappa shape index (κ2) is 15.6. The Bertz CT molecular complexity index is 1710. The Morgan fingerprint density at radius 3 is 1.75 bits per heavy atom. The lowest BCUT2D eigenvalue weighted by atomic mass is 9.89. The first-order chi connectivity index (χ1) is 25.8. The second-order valence-corrected chi connectivity index (χ2v) is 17.3. The number of hydrogen-bond acceptors (Lipinski definition) is 11. The van der Waals surface area contributed by atoms with Crippen molar-refractivity contribution in [2.24, 2.45) is 0 Å². The first kappa shape index (κ1) is 40.8. The van der Waals surface area contributed by atoms with E-state index in [0.717, 1.165) is 12.8 Å². The van der Waals surface area contributed by atoms with Crippen LogP contribution in [0.5, 0.6) is 0 Å². The Balaban J connectivity index is 1.04. The van der Waals surface area contributed by atoms with Crippen molar-refractivity contribution in [3.8, 4) is 0 Å². The van der Waals surface area contributed by atoms with Gasteiger partial charge in [0.1, 0.15) is 16.8 Å². The van der Waals surface area contributed by atoms with Gasteiger partial charge in [0.05, 0.1) is 59.3 Å². The zero-order valence-electron chi connectivity index (χ0n) is 33.0. The van der Waals surface area contributed by atoms with Gasteiger partial charge in [-0.2, -0.15) is 0 Å². The molecule has 12 heteroatoms. The summed E-state index contributed by atoms with van der Waals surface area (Å²) >= 11 is 0. The van der Waals surface area contributed by atoms with E-state index in [1.54, 1.807) is 69.3 Å². The summed E-state index contributed by atoms with van der Waals surface area (Å²) < 4.78 is 43.9. The molecule has 4 fully saturated rings. The topological polar surface area (TPSA) is 153 Å². The molecule has 9 atom stereocenters. The monoisotopic (exact) mass is 764 g/mol. The average Bonchev–Trinajstić information content (AvgIpc) is 3.96. The molecule has 4 aliphatic rings. The molecular weight excluding hydrogens is 708 g/mol. The average molecular weight is 765 g/mol. The summed E-state index contributed by atoms with van der Waals surface area (Å²) in [5.74, 6) is -2.69. The van der Waals surface area contributed by atoms with Gasteiger partial charge in [-0.1, -0.05) is 36.4 Å². The maximum absolute atomic E-state index is 13.6. The van der Waals surface area contributed by atoms with Gasteiger partial charge in [-0.3, -0.25) is 4.79 Å². The lowest BCUT2D eigenvalue weighted by Crippen LogP contribution is -2.50. The van der Waals surface area contributed by atoms with E-state index >= 15 is 0 Å². The number of esters is 3. The van der Waals surface area contributed by atoms with Crippen molar-refractivity contribution in [1.29, 1.82) is 0 Å². The van der Waals surface area contributed by atoms with E-state index in [-0.39, 0.29) is 18.3 Å². The molecule has 55 heavy (non-hydrogen) atoms. The summed E-state index contributed by atoms with van der Waals surface area (Å²) in [6.45, 7) is 12.9. The number of benzene rings is 2. The van der Waals surface area contributed by atoms with E-state index in [1.165, 1.54) is 0 Å². The molecule has 4 heterocycles. The van der Waals surface area contributed by atoms with Crippen LogP contribution in [0.15, 0.2) is 60.7 Å². The molecule has 0 amide bonds. The second-order valence-electron chi connectivity index (χ2n) is 17.3. The standard InChI is InChI=1S/C43H56O12/c1-39(2,53-36(46)27-14-10-8-11-15-27)30-19-18-29(49-30)38(48)55-43(7,26-35(44)45)33-21-20-32(50-33)41(5)25-23-34(52-41)42(6)24-22-31(51-42)40(3,4)54-37(47)28-16-12-9-13-17-28/h8-17,29-34H,18-26H2,1-7H3,(H,44,45)/t29-,30+,31+,32+,33+,34+,41+,42+,43+/m1/s1. The van der Waals surface area contributed by atoms with Crippen molar-refractivity contribution < 1.29 is 57.4 Å². The van der Waals surface area contributed by atoms with Crippen LogP contribution in [0.25, 0.3) is 0 Å². The number of carbonyl (C=O) groups excluding carboxylic acids is 3. The van der Waals surface area contributed by atoms with Gasteiger partial charge in [-0.05, 0) is 124 Å². The number of carboxylic acids is 1. The van der Waals surface area contributed by atoms with Gasteiger partial charge in [0, 0.05) is 0 Å². The molecule has 0 spiro atoms. The maximum Gasteiger partial charge on any atom is 0.338 e. The van der Waals surface area contributed by atoms with Crippen molar-refractivity contribution >= 4 is 23.9 Å². The van der Waals surface area contributed by atoms with Gasteiger partial charge in [0.25, 0.3) is 0 Å². The zero-order valence-corrected chi connectivity index (χ0v) is 33.0. The molecule has 0 unspecified atom stereocenters. The predicted octanol–water partition coefficient (Wildman–Crippen LogP) is 7.00. The minimum absolute atomic E-state index is 0.238. The molecule has 4 saturated heterocycles. The summed E-state index contributed by atoms with van der Waals surface area (Å²) in [4.78, 5) is 51.4. The van der Waals surface area contributed by atoms with E-state index in [9.17, 15) is 24.3 Å². The van der Waals surface area contributed by atoms with E-state index in [0.29, 0.717) is 49.7 Å². The Morgan fingerprint density at radius 2 is 1.16 bits per heavy atom. The smallest absolute Gasteiger partial charge is 0.338 e. The van der Waals surface area contributed by atoms with E-state index in [1.807, 2.05) is 39.8 Å². The quantitative estimate of drug-likeness (QED) is 0.165. The minimum Gasteiger partial charge on any atom is -0.481 e. The Morgan fingerprint density at radius 1 is 0.636 bits per heavy atom. The van der Waals surface area contributed by atoms with Crippen LogP contribution >= 0.6 is 0 Å². The van der Waals surface area contributed by atoms with Crippen molar-refractivity contribution in [2.45, 2.75) is 171 Å². The minimum atomic E-state index is -1.47. The fourth-order valence-corrected chi connectivity index (χ4v) is 8.66. The highest BCUT2D eigenvalue weighted by molar-refractivity contribution is 5.90. The maximum atomic E-state index is 13.6. The SMILES string of the molecule is CC(C)(OC(=O)c1ccccc1)[C@@H]1CC[C@H](C(=O)O[C@@](C)(CC(=O)O)[C@@H]2CC[C@@H]([C@]3(C)CC[C@@H]([C@]4(C)CC[C@@H](C(C)(C)OC(=O)c5ccccc5)O4)O3)O2)O1. The van der Waals surface area contributed by atoms with Gasteiger partial charge in [0.2, 0.25) is 0 Å². The summed E-state index contributed by atoms with van der Waals surface area (Å²) in [7, 11) is 0. The van der Waals surface area contributed by atoms with Crippen molar-refractivity contribution in [3.63, 3.8) is 0 Å². The zero-order chi connectivity index (χ0) is 39.8. The first-order valence-corrected chi connectivity index (χ1v) is 19.5. The number of rotatable bonds is 13. The Hall–Kier alpha value is -3.84. The molecule has 2 aromatic rings. The van der Waals surface area contributed by atoms with Crippen molar-refractivity contribution in [3.05, 3.63) is 71.8 Å². The normalized spacial score (nSPS) is 32.1. The van der Waals surface area contributed by atoms with Gasteiger partial charge in [-0.25, -0.2) is 14.4 Å². The Labute approximate surface area is 323 Å². The van der Waals surface area contributed by atoms with Crippen LogP contribution in [-0.2, 0) is 42.7 Å². The third-order valence-electron chi connectivity index (χ3n) is 12.1. The molecule has 1 N–H and O–H groups in total. The number of aliphatic carboxylic acids is 1. The van der Waals surface area contributed by atoms with Gasteiger partial charge in [0.15, 0.2) is 6.10 Å². The molecule has 300 valence electrons. The van der Waals surface area contributed by atoms with E-state index in [2.05, 4.69) is 0 Å². The van der Waals surface area contributed by atoms with Crippen LogP contribution in [0.4, 0.5) is 0 Å². The van der Waals surface area contributed by atoms with Crippen LogP contribution in [0.1, 0.15) is 127 Å². The van der Waals surface area contributed by atoms with E-state index in [4.69, 9.17) is 33.2 Å². The summed E-state index contributed by atoms with van der Waals surface area (Å²) in [5, 5.41) is 9.92. The first-order valence-electron chi connectivity index (χ1n) is 19.5. The fourth-order valence-electron chi connectivity index (χ4n) is 8.66. The molecule has 0 saturated carbocycles. The van der Waals surface area contributed by atoms with Crippen molar-refractivity contribution in [2.75, 3.05) is 0 Å². The third-order valence-corrected chi connectivity index (χ3v) is 12.1.